The summed E-state index contributed by atoms with van der Waals surface area (Å²) in [5, 5.41) is 0. The highest BCUT2D eigenvalue weighted by Crippen LogP contribution is 2.25. The number of hydrogen-bond donors (Lipinski definition) is 0. The van der Waals surface area contributed by atoms with Gasteiger partial charge in [-0.05, 0) is 17.9 Å². The number of esters is 1. The normalized spacial score (nSPS) is 17.6. The highest BCUT2D eigenvalue weighted by atomic mass is 16.5. The Bertz CT molecular complexity index is 392. The van der Waals surface area contributed by atoms with Gasteiger partial charge in [0.1, 0.15) is 0 Å². The molecule has 2 rings (SSSR count). The van der Waals surface area contributed by atoms with E-state index in [1.807, 2.05) is 24.3 Å². The summed E-state index contributed by atoms with van der Waals surface area (Å²) in [6.45, 7) is 2.67. The minimum atomic E-state index is -0.144. The second-order valence-corrected chi connectivity index (χ2v) is 4.17. The maximum Gasteiger partial charge on any atom is 0.333 e. The lowest BCUT2D eigenvalue weighted by molar-refractivity contribution is -0.140. The third-order valence-corrected chi connectivity index (χ3v) is 2.90. The van der Waals surface area contributed by atoms with Gasteiger partial charge in [0.15, 0.2) is 0 Å². The van der Waals surface area contributed by atoms with E-state index in [2.05, 4.69) is 19.1 Å². The van der Waals surface area contributed by atoms with Gasteiger partial charge in [-0.1, -0.05) is 43.3 Å². The SMILES string of the molecule is CC(CC1=CCCOC1=O)c1ccccc1. The van der Waals surface area contributed by atoms with Crippen LogP contribution < -0.4 is 0 Å². The van der Waals surface area contributed by atoms with E-state index in [4.69, 9.17) is 4.74 Å². The van der Waals surface area contributed by atoms with Gasteiger partial charge in [-0.2, -0.15) is 0 Å². The molecule has 1 heterocycles. The zero-order valence-electron chi connectivity index (χ0n) is 9.48. The van der Waals surface area contributed by atoms with Gasteiger partial charge in [0.25, 0.3) is 0 Å². The maximum absolute atomic E-state index is 11.5. The first-order chi connectivity index (χ1) is 7.77. The van der Waals surface area contributed by atoms with Gasteiger partial charge in [0, 0.05) is 12.0 Å². The second kappa shape index (κ2) is 4.97. The number of carbonyl (C=O) groups is 1. The van der Waals surface area contributed by atoms with Crippen LogP contribution >= 0.6 is 0 Å². The summed E-state index contributed by atoms with van der Waals surface area (Å²) >= 11 is 0. The van der Waals surface area contributed by atoms with Crippen LogP contribution in [0.25, 0.3) is 0 Å². The minimum Gasteiger partial charge on any atom is -0.462 e. The fraction of sp³-hybridized carbons (Fsp3) is 0.357. The van der Waals surface area contributed by atoms with E-state index in [-0.39, 0.29) is 5.97 Å². The molecule has 1 aliphatic rings. The van der Waals surface area contributed by atoms with Crippen molar-refractivity contribution >= 4 is 5.97 Å². The molecule has 1 unspecified atom stereocenters. The monoisotopic (exact) mass is 216 g/mol. The average Bonchev–Trinajstić information content (AvgIpc) is 2.33. The predicted octanol–water partition coefficient (Wildman–Crippen LogP) is 3.05. The molecule has 0 saturated heterocycles. The van der Waals surface area contributed by atoms with Crippen LogP contribution in [0.3, 0.4) is 0 Å². The lowest BCUT2D eigenvalue weighted by atomic mass is 9.93. The molecule has 2 nitrogen and oxygen atoms in total. The summed E-state index contributed by atoms with van der Waals surface area (Å²) in [7, 11) is 0. The van der Waals surface area contributed by atoms with E-state index >= 15 is 0 Å². The van der Waals surface area contributed by atoms with E-state index in [1.165, 1.54) is 5.56 Å². The van der Waals surface area contributed by atoms with Crippen LogP contribution in [0.4, 0.5) is 0 Å². The Balaban J connectivity index is 2.05. The van der Waals surface area contributed by atoms with E-state index in [0.717, 1.165) is 18.4 Å². The lowest BCUT2D eigenvalue weighted by Crippen LogP contribution is -2.15. The second-order valence-electron chi connectivity index (χ2n) is 4.17. The lowest BCUT2D eigenvalue weighted by Gasteiger charge is -2.17. The molecule has 0 saturated carbocycles. The third-order valence-electron chi connectivity index (χ3n) is 2.90. The largest absolute Gasteiger partial charge is 0.462 e. The number of benzene rings is 1. The standard InChI is InChI=1S/C14H16O2/c1-11(12-6-3-2-4-7-12)10-13-8-5-9-16-14(13)15/h2-4,6-8,11H,5,9-10H2,1H3. The van der Waals surface area contributed by atoms with Crippen molar-refractivity contribution < 1.29 is 9.53 Å². The van der Waals surface area contributed by atoms with Gasteiger partial charge in [-0.15, -0.1) is 0 Å². The van der Waals surface area contributed by atoms with Crippen LogP contribution in [-0.4, -0.2) is 12.6 Å². The topological polar surface area (TPSA) is 26.3 Å². The quantitative estimate of drug-likeness (QED) is 0.726. The number of rotatable bonds is 3. The van der Waals surface area contributed by atoms with Crippen LogP contribution in [0.1, 0.15) is 31.2 Å². The van der Waals surface area contributed by atoms with Crippen molar-refractivity contribution in [1.82, 2.24) is 0 Å². The minimum absolute atomic E-state index is 0.144. The van der Waals surface area contributed by atoms with Crippen molar-refractivity contribution in [2.75, 3.05) is 6.61 Å². The molecule has 0 amide bonds. The predicted molar refractivity (Wildman–Crippen MR) is 63.1 cm³/mol. The van der Waals surface area contributed by atoms with Crippen molar-refractivity contribution in [1.29, 1.82) is 0 Å². The van der Waals surface area contributed by atoms with E-state index in [9.17, 15) is 4.79 Å². The van der Waals surface area contributed by atoms with E-state index in [1.54, 1.807) is 0 Å². The molecule has 1 atom stereocenters. The summed E-state index contributed by atoms with van der Waals surface area (Å²) in [5.41, 5.74) is 2.09. The van der Waals surface area contributed by atoms with Gasteiger partial charge in [0.2, 0.25) is 0 Å². The molecule has 0 fully saturated rings. The van der Waals surface area contributed by atoms with Gasteiger partial charge < -0.3 is 4.74 Å². The summed E-state index contributed by atoms with van der Waals surface area (Å²) in [6.07, 6.45) is 3.62. The molecule has 1 aliphatic heterocycles. The van der Waals surface area contributed by atoms with Crippen LogP contribution in [0.2, 0.25) is 0 Å². The molecule has 2 heteroatoms. The number of ether oxygens (including phenoxy) is 1. The first-order valence-electron chi connectivity index (χ1n) is 5.68. The van der Waals surface area contributed by atoms with Crippen LogP contribution in [0, 0.1) is 0 Å². The smallest absolute Gasteiger partial charge is 0.333 e. The number of hydrogen-bond acceptors (Lipinski definition) is 2. The zero-order valence-corrected chi connectivity index (χ0v) is 9.48. The molecular weight excluding hydrogens is 200 g/mol. The highest BCUT2D eigenvalue weighted by molar-refractivity contribution is 5.89. The third kappa shape index (κ3) is 2.51. The number of cyclic esters (lactones) is 1. The van der Waals surface area contributed by atoms with Crippen molar-refractivity contribution in [3.05, 3.63) is 47.5 Å². The van der Waals surface area contributed by atoms with Crippen molar-refractivity contribution in [3.63, 3.8) is 0 Å². The molecule has 0 N–H and O–H groups in total. The average molecular weight is 216 g/mol. The highest BCUT2D eigenvalue weighted by Gasteiger charge is 2.18. The van der Waals surface area contributed by atoms with Crippen molar-refractivity contribution in [2.24, 2.45) is 0 Å². The van der Waals surface area contributed by atoms with Gasteiger partial charge in [-0.3, -0.25) is 0 Å². The van der Waals surface area contributed by atoms with E-state index < -0.39 is 0 Å². The molecule has 0 aliphatic carbocycles. The molecule has 0 aromatic heterocycles. The maximum atomic E-state index is 11.5. The Morgan fingerprint density at radius 2 is 2.06 bits per heavy atom. The molecule has 16 heavy (non-hydrogen) atoms. The zero-order chi connectivity index (χ0) is 11.4. The van der Waals surface area contributed by atoms with Crippen molar-refractivity contribution in [2.45, 2.75) is 25.7 Å². The van der Waals surface area contributed by atoms with Crippen LogP contribution in [-0.2, 0) is 9.53 Å². The molecule has 0 radical (unpaired) electrons. The van der Waals surface area contributed by atoms with Crippen LogP contribution in [0.5, 0.6) is 0 Å². The Kier molecular flexibility index (Phi) is 3.40. The summed E-state index contributed by atoms with van der Waals surface area (Å²) in [4.78, 5) is 11.5. The fourth-order valence-electron chi connectivity index (χ4n) is 1.96. The molecular formula is C14H16O2. The Hall–Kier alpha value is -1.57. The van der Waals surface area contributed by atoms with Gasteiger partial charge in [-0.25, -0.2) is 4.79 Å². The Morgan fingerprint density at radius 1 is 1.31 bits per heavy atom. The van der Waals surface area contributed by atoms with E-state index in [0.29, 0.717) is 12.5 Å². The summed E-state index contributed by atoms with van der Waals surface area (Å²) in [6, 6.07) is 10.3. The van der Waals surface area contributed by atoms with Crippen molar-refractivity contribution in [3.8, 4) is 0 Å². The van der Waals surface area contributed by atoms with Gasteiger partial charge >= 0.3 is 5.97 Å². The fourth-order valence-corrected chi connectivity index (χ4v) is 1.96. The summed E-state index contributed by atoms with van der Waals surface area (Å²) < 4.78 is 5.02. The van der Waals surface area contributed by atoms with Crippen LogP contribution in [0.15, 0.2) is 42.0 Å². The Morgan fingerprint density at radius 3 is 2.75 bits per heavy atom. The molecule has 84 valence electrons. The number of carbonyl (C=O) groups excluding carboxylic acids is 1. The molecule has 0 bridgehead atoms. The Labute approximate surface area is 95.9 Å². The van der Waals surface area contributed by atoms with Gasteiger partial charge in [0.05, 0.1) is 6.61 Å². The molecule has 1 aromatic rings. The summed E-state index contributed by atoms with van der Waals surface area (Å²) in [5.74, 6) is 0.215. The first-order valence-corrected chi connectivity index (χ1v) is 5.68. The molecule has 0 spiro atoms. The first kappa shape index (κ1) is 10.9. The molecule has 1 aromatic carbocycles.